The molecule has 0 fully saturated rings. The Labute approximate surface area is 109 Å². The molecule has 2 nitrogen and oxygen atoms in total. The van der Waals surface area contributed by atoms with Crippen LogP contribution in [0.4, 0.5) is 0 Å². The lowest BCUT2D eigenvalue weighted by atomic mass is 10.0. The highest BCUT2D eigenvalue weighted by atomic mass is 14.9. The topological polar surface area (TPSA) is 24.9 Å². The number of hydrogen-bond donors (Lipinski definition) is 1. The molecule has 0 bridgehead atoms. The Balaban J connectivity index is 1.86. The Morgan fingerprint density at radius 2 is 1.89 bits per heavy atom. The molecule has 1 N–H and O–H groups in total. The van der Waals surface area contributed by atoms with E-state index in [0.717, 1.165) is 18.7 Å². The van der Waals surface area contributed by atoms with Crippen molar-refractivity contribution in [3.8, 4) is 0 Å². The van der Waals surface area contributed by atoms with E-state index in [1.165, 1.54) is 11.1 Å². The first-order chi connectivity index (χ1) is 8.77. The summed E-state index contributed by atoms with van der Waals surface area (Å²) in [7, 11) is 0. The van der Waals surface area contributed by atoms with E-state index in [0.29, 0.717) is 6.04 Å². The van der Waals surface area contributed by atoms with Gasteiger partial charge in [0.05, 0.1) is 0 Å². The third-order valence-corrected chi connectivity index (χ3v) is 3.21. The van der Waals surface area contributed by atoms with Crippen LogP contribution in [-0.4, -0.2) is 11.5 Å². The monoisotopic (exact) mass is 240 g/mol. The zero-order valence-corrected chi connectivity index (χ0v) is 11.1. The van der Waals surface area contributed by atoms with E-state index in [1.54, 1.807) is 0 Å². The molecular weight excluding hydrogens is 220 g/mol. The highest BCUT2D eigenvalue weighted by Crippen LogP contribution is 2.16. The second-order valence-corrected chi connectivity index (χ2v) is 4.60. The molecular formula is C16H20N2. The van der Waals surface area contributed by atoms with Crippen LogP contribution in [0.3, 0.4) is 0 Å². The SMILES string of the molecule is Cc1ccccc1[C@@H](C)NCCc1ccccn1. The summed E-state index contributed by atoms with van der Waals surface area (Å²) >= 11 is 0. The Morgan fingerprint density at radius 3 is 2.61 bits per heavy atom. The summed E-state index contributed by atoms with van der Waals surface area (Å²) in [6, 6.07) is 15.0. The Morgan fingerprint density at radius 1 is 1.11 bits per heavy atom. The van der Waals surface area contributed by atoms with Crippen molar-refractivity contribution in [3.05, 3.63) is 65.5 Å². The van der Waals surface area contributed by atoms with Crippen molar-refractivity contribution < 1.29 is 0 Å². The van der Waals surface area contributed by atoms with E-state index in [9.17, 15) is 0 Å². The van der Waals surface area contributed by atoms with Gasteiger partial charge in [0.25, 0.3) is 0 Å². The molecule has 0 saturated carbocycles. The number of hydrogen-bond acceptors (Lipinski definition) is 2. The van der Waals surface area contributed by atoms with Gasteiger partial charge in [0, 0.05) is 30.9 Å². The number of benzene rings is 1. The number of aryl methyl sites for hydroxylation is 1. The van der Waals surface area contributed by atoms with E-state index < -0.39 is 0 Å². The quantitative estimate of drug-likeness (QED) is 0.867. The molecule has 0 aliphatic heterocycles. The largest absolute Gasteiger partial charge is 0.310 e. The fourth-order valence-electron chi connectivity index (χ4n) is 2.15. The summed E-state index contributed by atoms with van der Waals surface area (Å²) in [5.74, 6) is 0. The zero-order valence-electron chi connectivity index (χ0n) is 11.1. The van der Waals surface area contributed by atoms with E-state index in [2.05, 4.69) is 54.5 Å². The standard InChI is InChI=1S/C16H20N2/c1-13-7-3-4-9-16(13)14(2)17-12-10-15-8-5-6-11-18-15/h3-9,11,14,17H,10,12H2,1-2H3/t14-/m1/s1. The zero-order chi connectivity index (χ0) is 12.8. The molecule has 18 heavy (non-hydrogen) atoms. The second kappa shape index (κ2) is 6.31. The summed E-state index contributed by atoms with van der Waals surface area (Å²) < 4.78 is 0. The molecule has 0 saturated heterocycles. The van der Waals surface area contributed by atoms with Gasteiger partial charge in [0.1, 0.15) is 0 Å². The van der Waals surface area contributed by atoms with Gasteiger partial charge in [0.15, 0.2) is 0 Å². The summed E-state index contributed by atoms with van der Waals surface area (Å²) in [6.45, 7) is 5.32. The molecule has 2 heteroatoms. The average Bonchev–Trinajstić information content (AvgIpc) is 2.40. The van der Waals surface area contributed by atoms with Crippen molar-refractivity contribution >= 4 is 0 Å². The van der Waals surface area contributed by atoms with Crippen LogP contribution in [0, 0.1) is 6.92 Å². The first-order valence-electron chi connectivity index (χ1n) is 6.46. The van der Waals surface area contributed by atoms with E-state index in [4.69, 9.17) is 0 Å². The molecule has 1 aromatic carbocycles. The van der Waals surface area contributed by atoms with E-state index in [1.807, 2.05) is 18.3 Å². The molecule has 0 radical (unpaired) electrons. The fraction of sp³-hybridized carbons (Fsp3) is 0.312. The van der Waals surface area contributed by atoms with E-state index >= 15 is 0 Å². The number of rotatable bonds is 5. The normalized spacial score (nSPS) is 12.3. The van der Waals surface area contributed by atoms with Crippen molar-refractivity contribution in [2.75, 3.05) is 6.54 Å². The predicted molar refractivity (Wildman–Crippen MR) is 75.5 cm³/mol. The molecule has 0 aliphatic carbocycles. The van der Waals surface area contributed by atoms with Gasteiger partial charge >= 0.3 is 0 Å². The molecule has 0 spiro atoms. The van der Waals surface area contributed by atoms with Gasteiger partial charge in [-0.3, -0.25) is 4.98 Å². The van der Waals surface area contributed by atoms with Gasteiger partial charge in [-0.05, 0) is 37.1 Å². The summed E-state index contributed by atoms with van der Waals surface area (Å²) in [5, 5.41) is 3.55. The van der Waals surface area contributed by atoms with Crippen LogP contribution in [0.5, 0.6) is 0 Å². The molecule has 94 valence electrons. The fourth-order valence-corrected chi connectivity index (χ4v) is 2.15. The molecule has 2 rings (SSSR count). The first-order valence-corrected chi connectivity index (χ1v) is 6.46. The molecule has 1 heterocycles. The maximum Gasteiger partial charge on any atom is 0.0416 e. The van der Waals surface area contributed by atoms with Crippen LogP contribution < -0.4 is 5.32 Å². The van der Waals surface area contributed by atoms with Crippen LogP contribution in [0.2, 0.25) is 0 Å². The summed E-state index contributed by atoms with van der Waals surface area (Å²) in [5.41, 5.74) is 3.86. The third-order valence-electron chi connectivity index (χ3n) is 3.21. The van der Waals surface area contributed by atoms with Crippen LogP contribution in [0.25, 0.3) is 0 Å². The molecule has 1 atom stereocenters. The van der Waals surface area contributed by atoms with Crippen molar-refractivity contribution in [2.45, 2.75) is 26.3 Å². The molecule has 1 aromatic heterocycles. The smallest absolute Gasteiger partial charge is 0.0416 e. The van der Waals surface area contributed by atoms with Gasteiger partial charge in [-0.25, -0.2) is 0 Å². The minimum atomic E-state index is 0.384. The number of nitrogens with one attached hydrogen (secondary N) is 1. The van der Waals surface area contributed by atoms with Crippen LogP contribution in [0.1, 0.15) is 29.8 Å². The number of nitrogens with zero attached hydrogens (tertiary/aromatic N) is 1. The van der Waals surface area contributed by atoms with Crippen molar-refractivity contribution in [3.63, 3.8) is 0 Å². The van der Waals surface area contributed by atoms with Crippen molar-refractivity contribution in [1.29, 1.82) is 0 Å². The highest BCUT2D eigenvalue weighted by Gasteiger charge is 2.06. The second-order valence-electron chi connectivity index (χ2n) is 4.60. The first kappa shape index (κ1) is 12.8. The van der Waals surface area contributed by atoms with Crippen LogP contribution in [0.15, 0.2) is 48.7 Å². The van der Waals surface area contributed by atoms with Crippen molar-refractivity contribution in [2.24, 2.45) is 0 Å². The highest BCUT2D eigenvalue weighted by molar-refractivity contribution is 5.28. The lowest BCUT2D eigenvalue weighted by molar-refractivity contribution is 0.571. The minimum absolute atomic E-state index is 0.384. The molecule has 2 aromatic rings. The lowest BCUT2D eigenvalue weighted by Crippen LogP contribution is -2.22. The van der Waals surface area contributed by atoms with E-state index in [-0.39, 0.29) is 0 Å². The van der Waals surface area contributed by atoms with Crippen molar-refractivity contribution in [1.82, 2.24) is 10.3 Å². The lowest BCUT2D eigenvalue weighted by Gasteiger charge is -2.16. The molecule has 0 amide bonds. The number of pyridine rings is 1. The van der Waals surface area contributed by atoms with Gasteiger partial charge in [0.2, 0.25) is 0 Å². The predicted octanol–water partition coefficient (Wildman–Crippen LogP) is 3.28. The average molecular weight is 240 g/mol. The summed E-state index contributed by atoms with van der Waals surface area (Å²) in [6.07, 6.45) is 2.82. The van der Waals surface area contributed by atoms with Crippen LogP contribution in [-0.2, 0) is 6.42 Å². The Hall–Kier alpha value is -1.67. The maximum absolute atomic E-state index is 4.33. The maximum atomic E-state index is 4.33. The summed E-state index contributed by atoms with van der Waals surface area (Å²) in [4.78, 5) is 4.33. The molecule has 0 aliphatic rings. The van der Waals surface area contributed by atoms with Gasteiger partial charge in [-0.1, -0.05) is 30.3 Å². The Bertz CT molecular complexity index is 479. The number of aromatic nitrogens is 1. The Kier molecular flexibility index (Phi) is 4.48. The van der Waals surface area contributed by atoms with Gasteiger partial charge in [-0.15, -0.1) is 0 Å². The van der Waals surface area contributed by atoms with Crippen LogP contribution >= 0.6 is 0 Å². The third kappa shape index (κ3) is 3.41. The molecule has 0 unspecified atom stereocenters. The minimum Gasteiger partial charge on any atom is -0.310 e. The van der Waals surface area contributed by atoms with Gasteiger partial charge in [-0.2, -0.15) is 0 Å². The van der Waals surface area contributed by atoms with Gasteiger partial charge < -0.3 is 5.32 Å².